The average molecular weight is 260 g/mol. The lowest BCUT2D eigenvalue weighted by molar-refractivity contribution is -0.201. The van der Waals surface area contributed by atoms with Crippen molar-refractivity contribution in [2.45, 2.75) is 25.6 Å². The molecular formula is C15H16O4. The normalized spacial score (nSPS) is 26.1. The van der Waals surface area contributed by atoms with Crippen molar-refractivity contribution in [1.29, 1.82) is 0 Å². The molecule has 4 heteroatoms. The minimum atomic E-state index is -0.870. The van der Waals surface area contributed by atoms with Crippen LogP contribution in [0.15, 0.2) is 29.8 Å². The second kappa shape index (κ2) is 4.38. The number of methoxy groups -OCH3 is 1. The van der Waals surface area contributed by atoms with Crippen molar-refractivity contribution in [1.82, 2.24) is 0 Å². The lowest BCUT2D eigenvalue weighted by atomic mass is 9.92. The Morgan fingerprint density at radius 3 is 2.68 bits per heavy atom. The third-order valence-corrected chi connectivity index (χ3v) is 3.67. The Morgan fingerprint density at radius 1 is 1.26 bits per heavy atom. The van der Waals surface area contributed by atoms with E-state index in [9.17, 15) is 4.79 Å². The van der Waals surface area contributed by atoms with Crippen molar-refractivity contribution in [3.8, 4) is 5.75 Å². The van der Waals surface area contributed by atoms with Crippen LogP contribution in [0.3, 0.4) is 0 Å². The SMILES string of the molecule is COc1ccc(C2=C3CCCOC3(C)OC2=O)cc1. The van der Waals surface area contributed by atoms with E-state index in [0.717, 1.165) is 29.7 Å². The summed E-state index contributed by atoms with van der Waals surface area (Å²) in [5.41, 5.74) is 2.45. The van der Waals surface area contributed by atoms with E-state index in [4.69, 9.17) is 14.2 Å². The molecule has 0 bridgehead atoms. The molecule has 1 aromatic rings. The van der Waals surface area contributed by atoms with Gasteiger partial charge in [-0.15, -0.1) is 0 Å². The molecule has 0 amide bonds. The predicted octanol–water partition coefficient (Wildman–Crippen LogP) is 2.53. The van der Waals surface area contributed by atoms with E-state index in [0.29, 0.717) is 12.2 Å². The van der Waals surface area contributed by atoms with Crippen molar-refractivity contribution in [3.05, 3.63) is 35.4 Å². The molecular weight excluding hydrogens is 244 g/mol. The maximum absolute atomic E-state index is 12.1. The van der Waals surface area contributed by atoms with Crippen LogP contribution in [0, 0.1) is 0 Å². The molecule has 0 N–H and O–H groups in total. The first kappa shape index (κ1) is 12.2. The number of rotatable bonds is 2. The van der Waals surface area contributed by atoms with Crippen molar-refractivity contribution in [2.75, 3.05) is 13.7 Å². The van der Waals surface area contributed by atoms with Gasteiger partial charge >= 0.3 is 5.97 Å². The van der Waals surface area contributed by atoms with Gasteiger partial charge < -0.3 is 14.2 Å². The molecule has 1 aromatic carbocycles. The Kier molecular flexibility index (Phi) is 2.82. The van der Waals surface area contributed by atoms with E-state index in [-0.39, 0.29) is 5.97 Å². The van der Waals surface area contributed by atoms with Gasteiger partial charge in [0.1, 0.15) is 5.75 Å². The molecule has 2 aliphatic rings. The smallest absolute Gasteiger partial charge is 0.341 e. The zero-order valence-electron chi connectivity index (χ0n) is 11.1. The number of hydrogen-bond acceptors (Lipinski definition) is 4. The molecule has 1 saturated heterocycles. The van der Waals surface area contributed by atoms with Crippen LogP contribution in [0.25, 0.3) is 5.57 Å². The van der Waals surface area contributed by atoms with E-state index in [1.54, 1.807) is 7.11 Å². The van der Waals surface area contributed by atoms with Crippen LogP contribution < -0.4 is 4.74 Å². The first-order valence-electron chi connectivity index (χ1n) is 6.39. The van der Waals surface area contributed by atoms with E-state index in [1.807, 2.05) is 31.2 Å². The first-order valence-corrected chi connectivity index (χ1v) is 6.39. The van der Waals surface area contributed by atoms with E-state index in [1.165, 1.54) is 0 Å². The molecule has 100 valence electrons. The minimum Gasteiger partial charge on any atom is -0.497 e. The molecule has 0 aliphatic carbocycles. The first-order chi connectivity index (χ1) is 9.14. The van der Waals surface area contributed by atoms with Crippen molar-refractivity contribution in [2.24, 2.45) is 0 Å². The molecule has 2 aliphatic heterocycles. The summed E-state index contributed by atoms with van der Waals surface area (Å²) in [6, 6.07) is 7.44. The second-order valence-electron chi connectivity index (χ2n) is 4.87. The molecule has 0 aromatic heterocycles. The lowest BCUT2D eigenvalue weighted by Crippen LogP contribution is -2.35. The standard InChI is InChI=1S/C15H16O4/c1-15-12(4-3-9-18-15)13(14(16)19-15)10-5-7-11(17-2)8-6-10/h5-8H,3-4,9H2,1-2H3. The molecule has 4 nitrogen and oxygen atoms in total. The minimum absolute atomic E-state index is 0.301. The van der Waals surface area contributed by atoms with Gasteiger partial charge in [0.15, 0.2) is 0 Å². The summed E-state index contributed by atoms with van der Waals surface area (Å²) in [4.78, 5) is 12.1. The van der Waals surface area contributed by atoms with Gasteiger partial charge in [0.25, 0.3) is 0 Å². The Labute approximate surface area is 112 Å². The van der Waals surface area contributed by atoms with Gasteiger partial charge in [0.05, 0.1) is 19.3 Å². The lowest BCUT2D eigenvalue weighted by Gasteiger charge is -2.30. The Bertz CT molecular complexity index is 544. The van der Waals surface area contributed by atoms with Gasteiger partial charge in [-0.1, -0.05) is 12.1 Å². The van der Waals surface area contributed by atoms with Gasteiger partial charge in [0, 0.05) is 12.5 Å². The molecule has 0 spiro atoms. The third kappa shape index (κ3) is 1.92. The quantitative estimate of drug-likeness (QED) is 0.766. The number of esters is 1. The van der Waals surface area contributed by atoms with Gasteiger partial charge in [-0.25, -0.2) is 4.79 Å². The number of carbonyl (C=O) groups is 1. The highest BCUT2D eigenvalue weighted by atomic mass is 16.7. The van der Waals surface area contributed by atoms with E-state index < -0.39 is 5.79 Å². The second-order valence-corrected chi connectivity index (χ2v) is 4.87. The number of hydrogen-bond donors (Lipinski definition) is 0. The summed E-state index contributed by atoms with van der Waals surface area (Å²) in [6.45, 7) is 2.44. The molecule has 3 rings (SSSR count). The predicted molar refractivity (Wildman–Crippen MR) is 69.6 cm³/mol. The zero-order chi connectivity index (χ0) is 13.5. The summed E-state index contributed by atoms with van der Waals surface area (Å²) < 4.78 is 16.2. The fraction of sp³-hybridized carbons (Fsp3) is 0.400. The van der Waals surface area contributed by atoms with Crippen LogP contribution in [0.2, 0.25) is 0 Å². The largest absolute Gasteiger partial charge is 0.497 e. The highest BCUT2D eigenvalue weighted by molar-refractivity contribution is 6.20. The van der Waals surface area contributed by atoms with Crippen LogP contribution in [0.5, 0.6) is 5.75 Å². The van der Waals surface area contributed by atoms with E-state index >= 15 is 0 Å². The van der Waals surface area contributed by atoms with Gasteiger partial charge in [-0.2, -0.15) is 0 Å². The zero-order valence-corrected chi connectivity index (χ0v) is 11.1. The highest BCUT2D eigenvalue weighted by Gasteiger charge is 2.46. The Morgan fingerprint density at radius 2 is 2.00 bits per heavy atom. The topological polar surface area (TPSA) is 44.8 Å². The summed E-state index contributed by atoms with van der Waals surface area (Å²) in [5.74, 6) is -0.405. The van der Waals surface area contributed by atoms with Crippen LogP contribution >= 0.6 is 0 Å². The molecule has 1 unspecified atom stereocenters. The highest BCUT2D eigenvalue weighted by Crippen LogP contribution is 2.43. The molecule has 19 heavy (non-hydrogen) atoms. The monoisotopic (exact) mass is 260 g/mol. The maximum atomic E-state index is 12.1. The Balaban J connectivity index is 2.05. The summed E-state index contributed by atoms with van der Waals surface area (Å²) >= 11 is 0. The summed E-state index contributed by atoms with van der Waals surface area (Å²) in [7, 11) is 1.62. The average Bonchev–Trinajstić information content (AvgIpc) is 2.69. The third-order valence-electron chi connectivity index (χ3n) is 3.67. The van der Waals surface area contributed by atoms with Crippen LogP contribution in [-0.4, -0.2) is 25.5 Å². The van der Waals surface area contributed by atoms with Gasteiger partial charge in [0.2, 0.25) is 5.79 Å². The molecule has 0 radical (unpaired) electrons. The van der Waals surface area contributed by atoms with Crippen molar-refractivity contribution >= 4 is 11.5 Å². The molecule has 2 heterocycles. The van der Waals surface area contributed by atoms with Gasteiger partial charge in [-0.3, -0.25) is 0 Å². The fourth-order valence-corrected chi connectivity index (χ4v) is 2.67. The maximum Gasteiger partial charge on any atom is 0.341 e. The molecule has 0 saturated carbocycles. The van der Waals surface area contributed by atoms with E-state index in [2.05, 4.69) is 0 Å². The summed E-state index contributed by atoms with van der Waals surface area (Å²) in [5, 5.41) is 0. The summed E-state index contributed by atoms with van der Waals surface area (Å²) in [6.07, 6.45) is 1.75. The number of fused-ring (bicyclic) bond motifs is 1. The molecule has 1 fully saturated rings. The van der Waals surface area contributed by atoms with Crippen molar-refractivity contribution in [3.63, 3.8) is 0 Å². The van der Waals surface area contributed by atoms with Crippen LogP contribution in [0.4, 0.5) is 0 Å². The Hall–Kier alpha value is -1.81. The van der Waals surface area contributed by atoms with Crippen molar-refractivity contribution < 1.29 is 19.0 Å². The number of carbonyl (C=O) groups excluding carboxylic acids is 1. The number of ether oxygens (including phenoxy) is 3. The van der Waals surface area contributed by atoms with Crippen LogP contribution in [-0.2, 0) is 14.3 Å². The molecule has 1 atom stereocenters. The fourth-order valence-electron chi connectivity index (χ4n) is 2.67. The number of benzene rings is 1. The van der Waals surface area contributed by atoms with Crippen LogP contribution in [0.1, 0.15) is 25.3 Å². The van der Waals surface area contributed by atoms with Gasteiger partial charge in [-0.05, 0) is 30.5 Å².